The molecule has 0 aromatic rings. The normalized spacial score (nSPS) is 25.2. The van der Waals surface area contributed by atoms with Crippen molar-refractivity contribution < 1.29 is 23.9 Å². The molecule has 17 nitrogen and oxygen atoms in total. The summed E-state index contributed by atoms with van der Waals surface area (Å²) < 4.78 is 3.94. The van der Waals surface area contributed by atoms with E-state index in [1.165, 1.54) is 28.1 Å². The SMILES string of the molecule is C=CC=C.NC[C@@H]1CC2=C(C[C@@H]1CN)N=C(N)C2.NC[C@H]1CC2=C(C[C@@H]1CN)N=C(N)C2.NC[C@H]1CC2=C(C[C@@H]1CN)N=C(NC(=O)C1=CC(Br)=CC1)C2.O=C(C1=CC(Br)=CC1)C(Cl)(Cl)Cl.O=C1C=CC(=O)O1. The highest BCUT2D eigenvalue weighted by molar-refractivity contribution is 9.12. The molecule has 4 heterocycles. The van der Waals surface area contributed by atoms with Gasteiger partial charge in [-0.25, -0.2) is 24.6 Å². The number of rotatable bonds is 9. The summed E-state index contributed by atoms with van der Waals surface area (Å²) in [6, 6.07) is 0. The number of aliphatic imine (C=N–C) groups is 3. The molecule has 398 valence electrons. The van der Waals surface area contributed by atoms with E-state index in [1.807, 2.05) is 18.2 Å². The number of nitrogens with zero attached hydrogens (tertiary/aromatic N) is 3. The van der Waals surface area contributed by atoms with Gasteiger partial charge in [0, 0.05) is 68.6 Å². The van der Waals surface area contributed by atoms with Crippen molar-refractivity contribution in [1.29, 1.82) is 0 Å². The maximum Gasteiger partial charge on any atom is 0.338 e. The zero-order chi connectivity index (χ0) is 54.0. The highest BCUT2D eigenvalue weighted by Gasteiger charge is 2.35. The van der Waals surface area contributed by atoms with Crippen LogP contribution < -0.4 is 51.2 Å². The fourth-order valence-electron chi connectivity index (χ4n) is 9.37. The Morgan fingerprint density at radius 2 is 0.973 bits per heavy atom. The van der Waals surface area contributed by atoms with Crippen LogP contribution >= 0.6 is 66.7 Å². The Bertz CT molecular complexity index is 2390. The van der Waals surface area contributed by atoms with Crippen molar-refractivity contribution >= 4 is 108 Å². The van der Waals surface area contributed by atoms with Crippen molar-refractivity contribution in [1.82, 2.24) is 5.32 Å². The topological polar surface area (TPSA) is 335 Å². The summed E-state index contributed by atoms with van der Waals surface area (Å²) >= 11 is 22.8. The van der Waals surface area contributed by atoms with Gasteiger partial charge in [-0.2, -0.15) is 0 Å². The Kier molecular flexibility index (Phi) is 25.1. The van der Waals surface area contributed by atoms with Crippen LogP contribution in [0.5, 0.6) is 0 Å². The lowest BCUT2D eigenvalue weighted by atomic mass is 9.78. The Hall–Kier alpha value is -4.12. The van der Waals surface area contributed by atoms with Crippen molar-refractivity contribution in [2.24, 2.45) is 96.4 Å². The number of ketones is 1. The van der Waals surface area contributed by atoms with Crippen LogP contribution in [0.2, 0.25) is 0 Å². The fraction of sp³-hybridized carbons (Fsp3) is 0.471. The van der Waals surface area contributed by atoms with Gasteiger partial charge in [-0.15, -0.1) is 0 Å². The van der Waals surface area contributed by atoms with E-state index in [0.717, 1.165) is 121 Å². The molecule has 0 aromatic heterocycles. The van der Waals surface area contributed by atoms with Crippen molar-refractivity contribution in [3.05, 3.63) is 116 Å². The van der Waals surface area contributed by atoms with Gasteiger partial charge in [0.25, 0.3) is 9.70 Å². The first kappa shape index (κ1) is 61.4. The van der Waals surface area contributed by atoms with E-state index >= 15 is 0 Å². The molecule has 5 aliphatic carbocycles. The van der Waals surface area contributed by atoms with Gasteiger partial charge in [-0.3, -0.25) is 9.59 Å². The highest BCUT2D eigenvalue weighted by Crippen LogP contribution is 2.41. The molecule has 9 aliphatic rings. The number of hydrogen-bond donors (Lipinski definition) is 9. The first-order valence-corrected chi connectivity index (χ1v) is 26.7. The molecule has 1 amide bonds. The van der Waals surface area contributed by atoms with Gasteiger partial charge < -0.3 is 55.9 Å². The number of Topliss-reactive ketones (excluding diaryl/α,β-unsaturated/α-hetero) is 1. The number of nitrogens with one attached hydrogen (secondary N) is 1. The molecule has 4 aliphatic heterocycles. The number of halogens is 5. The lowest BCUT2D eigenvalue weighted by Crippen LogP contribution is -2.32. The predicted molar refractivity (Wildman–Crippen MR) is 302 cm³/mol. The quantitative estimate of drug-likeness (QED) is 0.0544. The second kappa shape index (κ2) is 29.8. The van der Waals surface area contributed by atoms with Gasteiger partial charge >= 0.3 is 11.9 Å². The maximum absolute atomic E-state index is 12.2. The van der Waals surface area contributed by atoms with Gasteiger partial charge in [-0.1, -0.05) is 104 Å². The minimum Gasteiger partial charge on any atom is -0.387 e. The summed E-state index contributed by atoms with van der Waals surface area (Å²) in [5, 5.41) is 2.95. The third kappa shape index (κ3) is 18.6. The lowest BCUT2D eigenvalue weighted by Gasteiger charge is -2.30. The van der Waals surface area contributed by atoms with Crippen LogP contribution in [0.25, 0.3) is 0 Å². The number of allylic oxidation sites excluding steroid dienone is 12. The highest BCUT2D eigenvalue weighted by atomic mass is 79.9. The third-order valence-electron chi connectivity index (χ3n) is 13.4. The van der Waals surface area contributed by atoms with Crippen LogP contribution in [0.1, 0.15) is 70.6 Å². The molecule has 0 saturated carbocycles. The number of nitrogens with two attached hydrogens (primary N) is 8. The van der Waals surface area contributed by atoms with E-state index in [1.54, 1.807) is 18.2 Å². The molecule has 0 saturated heterocycles. The molecule has 6 atom stereocenters. The van der Waals surface area contributed by atoms with Crippen LogP contribution in [0, 0.1) is 35.5 Å². The van der Waals surface area contributed by atoms with Gasteiger partial charge in [0.2, 0.25) is 5.78 Å². The van der Waals surface area contributed by atoms with E-state index in [0.29, 0.717) is 80.1 Å². The molecule has 0 radical (unpaired) electrons. The number of carbonyl (C=O) groups is 4. The van der Waals surface area contributed by atoms with E-state index in [4.69, 9.17) is 80.7 Å². The van der Waals surface area contributed by atoms with E-state index in [-0.39, 0.29) is 5.91 Å². The van der Waals surface area contributed by atoms with Crippen molar-refractivity contribution in [3.63, 3.8) is 0 Å². The molecule has 0 fully saturated rings. The van der Waals surface area contributed by atoms with Crippen LogP contribution in [-0.4, -0.2) is 84.2 Å². The number of alkyl halides is 3. The van der Waals surface area contributed by atoms with Crippen molar-refractivity contribution in [2.45, 2.75) is 74.4 Å². The molecule has 9 rings (SSSR count). The van der Waals surface area contributed by atoms with E-state index in [2.05, 4.69) is 70.0 Å². The smallest absolute Gasteiger partial charge is 0.338 e. The summed E-state index contributed by atoms with van der Waals surface area (Å²) in [6.07, 6.45) is 22.2. The zero-order valence-corrected chi connectivity index (χ0v) is 46.3. The molecule has 22 heteroatoms. The van der Waals surface area contributed by atoms with Crippen LogP contribution in [-0.2, 0) is 23.9 Å². The minimum atomic E-state index is -1.84. The molecule has 0 bridgehead atoms. The molecule has 0 aromatic carbocycles. The Labute approximate surface area is 459 Å². The molecule has 0 unspecified atom stereocenters. The second-order valence-electron chi connectivity index (χ2n) is 18.4. The predicted octanol–water partition coefficient (Wildman–Crippen LogP) is 6.12. The standard InChI is InChI=1S/C16H21BrN4O.2C10H18N4.C7H4BrCl3O.C4H2O3.C4H6/c17-13-2-1-9(4-13)16(22)21-15-6-10-3-11(7-18)12(8-19)5-14(10)20-15;2*11-4-7-1-6-3-10(13)14-9(6)2-8(7)5-12;8-5-2-1-4(3-5)6(12)7(9,10)11;5-3-1-2-4(6)7-3;1-3-4-2/h2,4,11-12H,1,3,5-8,18-19H2,(H,20,21,22);2*7-8H,1-5,11-12H2,(H2,13,14);2-3H,1H2;1-2H;3-4H,1-2H2/t11-,12-;7-,8+;7-,8-;;;/m101.../s1. The molecule has 17 N–H and O–H groups in total. The molecular formula is C51H69Br2Cl3N12O5. The van der Waals surface area contributed by atoms with Gasteiger partial charge in [0.1, 0.15) is 17.5 Å². The van der Waals surface area contributed by atoms with Crippen LogP contribution in [0.4, 0.5) is 0 Å². The van der Waals surface area contributed by atoms with Crippen LogP contribution in [0.15, 0.2) is 131 Å². The Morgan fingerprint density at radius 3 is 1.29 bits per heavy atom. The molecular weight excluding hydrogens is 1130 g/mol. The Balaban J connectivity index is 0.000000201. The summed E-state index contributed by atoms with van der Waals surface area (Å²) in [5.41, 5.74) is 54.9. The number of cyclic esters (lactones) is 2. The monoisotopic (exact) mass is 1190 g/mol. The average Bonchev–Trinajstić information content (AvgIpc) is 4.25. The molecule has 0 spiro atoms. The van der Waals surface area contributed by atoms with Gasteiger partial charge in [0.05, 0.1) is 0 Å². The third-order valence-corrected chi connectivity index (χ3v) is 15.0. The zero-order valence-electron chi connectivity index (χ0n) is 40.9. The maximum atomic E-state index is 12.2. The second-order valence-corrected chi connectivity index (χ2v) is 22.5. The summed E-state index contributed by atoms with van der Waals surface area (Å²) in [6.45, 7) is 10.9. The van der Waals surface area contributed by atoms with E-state index in [9.17, 15) is 19.2 Å². The lowest BCUT2D eigenvalue weighted by molar-refractivity contribution is -0.150. The number of amides is 1. The number of carbonyl (C=O) groups excluding carboxylic acids is 4. The summed E-state index contributed by atoms with van der Waals surface area (Å²) in [5.74, 6) is 3.47. The fourth-order valence-corrected chi connectivity index (χ4v) is 10.6. The van der Waals surface area contributed by atoms with Gasteiger partial charge in [-0.05, 0) is 155 Å². The first-order valence-electron chi connectivity index (χ1n) is 24.0. The van der Waals surface area contributed by atoms with E-state index < -0.39 is 21.5 Å². The van der Waals surface area contributed by atoms with Crippen LogP contribution in [0.3, 0.4) is 0 Å². The van der Waals surface area contributed by atoms with Gasteiger partial charge in [0.15, 0.2) is 0 Å². The Morgan fingerprint density at radius 1 is 0.616 bits per heavy atom. The summed E-state index contributed by atoms with van der Waals surface area (Å²) in [4.78, 5) is 56.7. The van der Waals surface area contributed by atoms with Crippen molar-refractivity contribution in [2.75, 3.05) is 39.3 Å². The first-order chi connectivity index (χ1) is 34.7. The minimum absolute atomic E-state index is 0.0601. The number of hydrogen-bond acceptors (Lipinski definition) is 16. The number of esters is 2. The molecule has 73 heavy (non-hydrogen) atoms. The largest absolute Gasteiger partial charge is 0.387 e. The number of amidine groups is 3. The average molecular weight is 1200 g/mol. The summed E-state index contributed by atoms with van der Waals surface area (Å²) in [7, 11) is 0. The van der Waals surface area contributed by atoms with Crippen molar-refractivity contribution in [3.8, 4) is 0 Å². The number of ether oxygens (including phenoxy) is 1.